The van der Waals surface area contributed by atoms with Gasteiger partial charge in [0.1, 0.15) is 0 Å². The minimum Gasteiger partial charge on any atom is -0.378 e. The maximum Gasteiger partial charge on any atom is 0.416 e. The Labute approximate surface area is 149 Å². The van der Waals surface area contributed by atoms with E-state index in [2.05, 4.69) is 15.4 Å². The maximum absolute atomic E-state index is 12.6. The van der Waals surface area contributed by atoms with Crippen molar-refractivity contribution in [1.29, 1.82) is 0 Å². The molecule has 7 nitrogen and oxygen atoms in total. The molecule has 1 aliphatic rings. The van der Waals surface area contributed by atoms with Gasteiger partial charge in [0, 0.05) is 19.7 Å². The first-order valence-corrected chi connectivity index (χ1v) is 8.26. The van der Waals surface area contributed by atoms with Crippen molar-refractivity contribution in [2.24, 2.45) is 21.6 Å². The van der Waals surface area contributed by atoms with Crippen molar-refractivity contribution >= 4 is 17.6 Å². The summed E-state index contributed by atoms with van der Waals surface area (Å²) in [6.07, 6.45) is -2.50. The van der Waals surface area contributed by atoms with Gasteiger partial charge >= 0.3 is 6.18 Å². The lowest BCUT2D eigenvalue weighted by atomic mass is 10.1. The van der Waals surface area contributed by atoms with Crippen LogP contribution in [0.5, 0.6) is 0 Å². The molecule has 1 aliphatic heterocycles. The first-order valence-electron chi connectivity index (χ1n) is 8.26. The number of guanidine groups is 2. The summed E-state index contributed by atoms with van der Waals surface area (Å²) < 4.78 is 43.3. The summed E-state index contributed by atoms with van der Waals surface area (Å²) in [6.45, 7) is 4.02. The highest BCUT2D eigenvalue weighted by molar-refractivity contribution is 5.94. The molecule has 5 N–H and O–H groups in total. The second-order valence-electron chi connectivity index (χ2n) is 5.74. The van der Waals surface area contributed by atoms with Crippen LogP contribution in [-0.4, -0.2) is 42.6 Å². The molecular formula is C16H23F3N6O. The Morgan fingerprint density at radius 1 is 1.27 bits per heavy atom. The smallest absolute Gasteiger partial charge is 0.378 e. The number of likely N-dealkylation sites (tertiary alicyclic amines) is 1. The predicted octanol–water partition coefficient (Wildman–Crippen LogP) is 1.97. The lowest BCUT2D eigenvalue weighted by Crippen LogP contribution is -2.49. The molecule has 1 fully saturated rings. The summed E-state index contributed by atoms with van der Waals surface area (Å²) in [7, 11) is 0. The molecule has 0 amide bonds. The van der Waals surface area contributed by atoms with Crippen LogP contribution in [0.1, 0.15) is 25.3 Å². The van der Waals surface area contributed by atoms with Crippen LogP contribution in [0.2, 0.25) is 0 Å². The third-order valence-corrected chi connectivity index (χ3v) is 3.93. The van der Waals surface area contributed by atoms with E-state index < -0.39 is 11.7 Å². The highest BCUT2D eigenvalue weighted by Gasteiger charge is 2.30. The molecule has 0 saturated carbocycles. The van der Waals surface area contributed by atoms with Crippen molar-refractivity contribution in [1.82, 2.24) is 10.3 Å². The van der Waals surface area contributed by atoms with E-state index in [1.807, 2.05) is 11.8 Å². The number of nitrogens with zero attached hydrogens (tertiary/aromatic N) is 3. The average Bonchev–Trinajstić information content (AvgIpc) is 2.60. The van der Waals surface area contributed by atoms with Gasteiger partial charge in [-0.25, -0.2) is 10.8 Å². The van der Waals surface area contributed by atoms with E-state index in [0.29, 0.717) is 25.7 Å². The minimum atomic E-state index is -4.39. The van der Waals surface area contributed by atoms with Gasteiger partial charge in [-0.15, -0.1) is 0 Å². The van der Waals surface area contributed by atoms with E-state index >= 15 is 0 Å². The van der Waals surface area contributed by atoms with Crippen molar-refractivity contribution in [3.05, 3.63) is 29.8 Å². The quantitative estimate of drug-likeness (QED) is 0.326. The Bertz CT molecular complexity index is 636. The fraction of sp³-hybridized carbons (Fsp3) is 0.500. The zero-order valence-corrected chi connectivity index (χ0v) is 14.5. The van der Waals surface area contributed by atoms with Crippen molar-refractivity contribution in [2.45, 2.75) is 32.0 Å². The largest absolute Gasteiger partial charge is 0.416 e. The third-order valence-electron chi connectivity index (χ3n) is 3.93. The van der Waals surface area contributed by atoms with Gasteiger partial charge in [0.05, 0.1) is 17.4 Å². The summed E-state index contributed by atoms with van der Waals surface area (Å²) in [5.41, 5.74) is 7.79. The summed E-state index contributed by atoms with van der Waals surface area (Å²) in [4.78, 5) is 10.1. The number of ether oxygens (including phenoxy) is 1. The second kappa shape index (κ2) is 8.86. The van der Waals surface area contributed by atoms with Crippen LogP contribution in [0.25, 0.3) is 0 Å². The van der Waals surface area contributed by atoms with Crippen LogP contribution >= 0.6 is 0 Å². The summed E-state index contributed by atoms with van der Waals surface area (Å²) in [5, 5.41) is 0. The Morgan fingerprint density at radius 3 is 2.38 bits per heavy atom. The molecule has 1 aromatic rings. The molecule has 0 bridgehead atoms. The van der Waals surface area contributed by atoms with Crippen molar-refractivity contribution in [2.75, 3.05) is 19.7 Å². The standard InChI is InChI=1S/C16H23F3N6O/c1-2-26-13-7-9-25(10-8-13)15(24-21)23-14(20)22-12-5-3-11(4-6-12)16(17,18)19/h3-6,13H,2,7-10,21H2,1H3,(H3,20,22,23,24). The number of nitrogens with two attached hydrogens (primary N) is 2. The Kier molecular flexibility index (Phi) is 6.81. The van der Waals surface area contributed by atoms with Gasteiger partial charge in [-0.1, -0.05) is 0 Å². The molecule has 0 aromatic heterocycles. The van der Waals surface area contributed by atoms with Gasteiger partial charge in [-0.05, 0) is 44.0 Å². The maximum atomic E-state index is 12.6. The van der Waals surface area contributed by atoms with E-state index in [4.69, 9.17) is 16.3 Å². The lowest BCUT2D eigenvalue weighted by molar-refractivity contribution is -0.137. The topological polar surface area (TPSA) is 101 Å². The number of hydrogen-bond donors (Lipinski definition) is 3. The Hall–Kier alpha value is -2.33. The molecule has 2 rings (SSSR count). The van der Waals surface area contributed by atoms with Gasteiger partial charge in [-0.3, -0.25) is 5.43 Å². The molecule has 0 spiro atoms. The van der Waals surface area contributed by atoms with E-state index in [9.17, 15) is 13.2 Å². The van der Waals surface area contributed by atoms with E-state index in [-0.39, 0.29) is 17.8 Å². The Morgan fingerprint density at radius 2 is 1.88 bits per heavy atom. The number of alkyl halides is 3. The minimum absolute atomic E-state index is 0.107. The molecule has 10 heteroatoms. The average molecular weight is 372 g/mol. The number of hydrogen-bond acceptors (Lipinski definition) is 3. The SMILES string of the molecule is CCOC1CCN(C(=NC(N)=Nc2ccc(C(F)(F)F)cc2)NN)CC1. The van der Waals surface area contributed by atoms with Gasteiger partial charge in [0.25, 0.3) is 0 Å². The summed E-state index contributed by atoms with van der Waals surface area (Å²) in [5.74, 6) is 5.77. The number of nitrogens with one attached hydrogen (secondary N) is 1. The molecule has 0 unspecified atom stereocenters. The molecule has 0 aliphatic carbocycles. The molecule has 0 atom stereocenters. The number of piperidine rings is 1. The van der Waals surface area contributed by atoms with Gasteiger partial charge in [0.2, 0.25) is 11.9 Å². The number of hydrazine groups is 1. The van der Waals surface area contributed by atoms with E-state index in [0.717, 1.165) is 25.0 Å². The summed E-state index contributed by atoms with van der Waals surface area (Å²) >= 11 is 0. The van der Waals surface area contributed by atoms with Crippen molar-refractivity contribution in [3.63, 3.8) is 0 Å². The fourth-order valence-electron chi connectivity index (χ4n) is 2.65. The highest BCUT2D eigenvalue weighted by atomic mass is 19.4. The second-order valence-corrected chi connectivity index (χ2v) is 5.74. The number of halogens is 3. The van der Waals surface area contributed by atoms with Crippen molar-refractivity contribution in [3.8, 4) is 0 Å². The molecule has 0 radical (unpaired) electrons. The monoisotopic (exact) mass is 372 g/mol. The van der Waals surface area contributed by atoms with Crippen LogP contribution in [0.4, 0.5) is 18.9 Å². The number of benzene rings is 1. The van der Waals surface area contributed by atoms with Crippen LogP contribution in [-0.2, 0) is 10.9 Å². The first-order chi connectivity index (χ1) is 12.3. The Balaban J connectivity index is 2.05. The molecule has 26 heavy (non-hydrogen) atoms. The van der Waals surface area contributed by atoms with Gasteiger partial charge < -0.3 is 15.4 Å². The molecule has 1 heterocycles. The number of aliphatic imine (C=N–C) groups is 2. The zero-order chi connectivity index (χ0) is 19.2. The van der Waals surface area contributed by atoms with Gasteiger partial charge in [-0.2, -0.15) is 18.2 Å². The summed E-state index contributed by atoms with van der Waals surface area (Å²) in [6, 6.07) is 4.34. The van der Waals surface area contributed by atoms with E-state index in [1.54, 1.807) is 0 Å². The van der Waals surface area contributed by atoms with Crippen LogP contribution in [0, 0.1) is 0 Å². The molecule has 144 valence electrons. The molecular weight excluding hydrogens is 349 g/mol. The van der Waals surface area contributed by atoms with Crippen LogP contribution < -0.4 is 17.0 Å². The molecule has 1 aromatic carbocycles. The van der Waals surface area contributed by atoms with Crippen molar-refractivity contribution < 1.29 is 17.9 Å². The predicted molar refractivity (Wildman–Crippen MR) is 93.7 cm³/mol. The molecule has 1 saturated heterocycles. The van der Waals surface area contributed by atoms with Gasteiger partial charge in [0.15, 0.2) is 0 Å². The lowest BCUT2D eigenvalue weighted by Gasteiger charge is -2.33. The normalized spacial score (nSPS) is 17.5. The number of rotatable bonds is 3. The van der Waals surface area contributed by atoms with E-state index in [1.165, 1.54) is 12.1 Å². The zero-order valence-electron chi connectivity index (χ0n) is 14.5. The first kappa shape index (κ1) is 20.0. The fourth-order valence-corrected chi connectivity index (χ4v) is 2.65. The highest BCUT2D eigenvalue weighted by Crippen LogP contribution is 2.30. The van der Waals surface area contributed by atoms with Crippen LogP contribution in [0.3, 0.4) is 0 Å². The third kappa shape index (κ3) is 5.60. The van der Waals surface area contributed by atoms with Crippen LogP contribution in [0.15, 0.2) is 34.3 Å².